The first-order chi connectivity index (χ1) is 15.2. The van der Waals surface area contributed by atoms with Gasteiger partial charge in [0.1, 0.15) is 24.4 Å². The van der Waals surface area contributed by atoms with Crippen LogP contribution in [0.4, 0.5) is 0 Å². The minimum absolute atomic E-state index is 0.266. The van der Waals surface area contributed by atoms with Crippen LogP contribution in [0.25, 0.3) is 5.57 Å². The lowest BCUT2D eigenvalue weighted by Gasteiger charge is -2.45. The van der Waals surface area contributed by atoms with Crippen molar-refractivity contribution in [2.75, 3.05) is 6.61 Å². The molecule has 4 rings (SSSR count). The highest BCUT2D eigenvalue weighted by Gasteiger charge is 2.53. The zero-order chi connectivity index (χ0) is 23.0. The van der Waals surface area contributed by atoms with Crippen molar-refractivity contribution < 1.29 is 30.3 Å². The van der Waals surface area contributed by atoms with E-state index in [1.807, 2.05) is 13.0 Å². The van der Waals surface area contributed by atoms with Crippen LogP contribution >= 0.6 is 11.3 Å². The molecule has 0 amide bonds. The molecule has 0 bridgehead atoms. The first-order valence-electron chi connectivity index (χ1n) is 10.8. The van der Waals surface area contributed by atoms with Crippen LogP contribution in [0, 0.1) is 6.92 Å². The number of allylic oxidation sites excluding steroid dienone is 4. The van der Waals surface area contributed by atoms with Crippen molar-refractivity contribution in [3.05, 3.63) is 74.5 Å². The van der Waals surface area contributed by atoms with E-state index in [-0.39, 0.29) is 5.56 Å². The van der Waals surface area contributed by atoms with Crippen LogP contribution in [-0.4, -0.2) is 56.6 Å². The minimum atomic E-state index is -2.24. The Bertz CT molecular complexity index is 1040. The number of aryl methyl sites for hydroxylation is 1. The van der Waals surface area contributed by atoms with E-state index in [1.54, 1.807) is 23.5 Å². The maximum absolute atomic E-state index is 11.1. The molecule has 2 aromatic rings. The molecule has 1 aliphatic carbocycles. The highest BCUT2D eigenvalue weighted by atomic mass is 32.1. The number of aliphatic hydroxyl groups is 5. The third kappa shape index (κ3) is 4.34. The van der Waals surface area contributed by atoms with E-state index in [2.05, 4.69) is 31.2 Å². The number of ether oxygens (including phenoxy) is 1. The third-order valence-corrected chi connectivity index (χ3v) is 7.59. The lowest BCUT2D eigenvalue weighted by atomic mass is 9.86. The molecule has 0 radical (unpaired) electrons. The molecule has 32 heavy (non-hydrogen) atoms. The molecule has 1 saturated heterocycles. The van der Waals surface area contributed by atoms with Gasteiger partial charge in [0.2, 0.25) is 5.79 Å². The predicted octanol–water partition coefficient (Wildman–Crippen LogP) is 2.39. The SMILES string of the molecule is CC1=CC=C(c2ccc(Cc3cc(C4(O)OC(CO)C(O)C(O)C4O)ccc3C)s2)CC1. The first-order valence-corrected chi connectivity index (χ1v) is 11.6. The van der Waals surface area contributed by atoms with Gasteiger partial charge in [0.15, 0.2) is 0 Å². The van der Waals surface area contributed by atoms with Gasteiger partial charge < -0.3 is 30.3 Å². The summed E-state index contributed by atoms with van der Waals surface area (Å²) in [6, 6.07) is 9.46. The van der Waals surface area contributed by atoms with E-state index in [4.69, 9.17) is 4.74 Å². The Morgan fingerprint density at radius 3 is 2.50 bits per heavy atom. The summed E-state index contributed by atoms with van der Waals surface area (Å²) in [4.78, 5) is 2.43. The Kier molecular flexibility index (Phi) is 6.70. The predicted molar refractivity (Wildman–Crippen MR) is 123 cm³/mol. The lowest BCUT2D eigenvalue weighted by Crippen LogP contribution is -2.63. The fourth-order valence-electron chi connectivity index (χ4n) is 4.26. The molecule has 2 heterocycles. The Morgan fingerprint density at radius 1 is 1.03 bits per heavy atom. The van der Waals surface area contributed by atoms with Gasteiger partial charge in [-0.25, -0.2) is 0 Å². The summed E-state index contributed by atoms with van der Waals surface area (Å²) in [5, 5.41) is 51.2. The van der Waals surface area contributed by atoms with E-state index in [1.165, 1.54) is 20.9 Å². The van der Waals surface area contributed by atoms with Crippen molar-refractivity contribution in [1.82, 2.24) is 0 Å². The average Bonchev–Trinajstić information content (AvgIpc) is 3.25. The van der Waals surface area contributed by atoms with Crippen molar-refractivity contribution in [3.8, 4) is 0 Å². The second kappa shape index (κ2) is 9.19. The molecular formula is C25H30O6S. The van der Waals surface area contributed by atoms with Gasteiger partial charge in [-0.05, 0) is 61.6 Å². The number of aliphatic hydroxyl groups excluding tert-OH is 4. The molecule has 7 heteroatoms. The number of hydrogen-bond acceptors (Lipinski definition) is 7. The summed E-state index contributed by atoms with van der Waals surface area (Å²) in [7, 11) is 0. The van der Waals surface area contributed by atoms with Gasteiger partial charge >= 0.3 is 0 Å². The van der Waals surface area contributed by atoms with E-state index in [9.17, 15) is 25.5 Å². The van der Waals surface area contributed by atoms with Gasteiger partial charge in [-0.15, -0.1) is 11.3 Å². The maximum Gasteiger partial charge on any atom is 0.222 e. The molecule has 1 aromatic carbocycles. The van der Waals surface area contributed by atoms with Crippen LogP contribution in [0.2, 0.25) is 0 Å². The maximum atomic E-state index is 11.1. The fraction of sp³-hybridized carbons (Fsp3) is 0.440. The molecule has 0 spiro atoms. The molecule has 1 aromatic heterocycles. The van der Waals surface area contributed by atoms with Crippen molar-refractivity contribution in [2.45, 2.75) is 63.3 Å². The summed E-state index contributed by atoms with van der Waals surface area (Å²) in [6.07, 6.45) is 0.989. The highest BCUT2D eigenvalue weighted by molar-refractivity contribution is 7.13. The van der Waals surface area contributed by atoms with Gasteiger partial charge in [0.25, 0.3) is 0 Å². The van der Waals surface area contributed by atoms with Gasteiger partial charge in [-0.3, -0.25) is 0 Å². The zero-order valence-corrected chi connectivity index (χ0v) is 19.0. The Hall–Kier alpha value is -1.84. The van der Waals surface area contributed by atoms with Gasteiger partial charge in [-0.2, -0.15) is 0 Å². The Balaban J connectivity index is 1.60. The minimum Gasteiger partial charge on any atom is -0.394 e. The summed E-state index contributed by atoms with van der Waals surface area (Å²) < 4.78 is 5.48. The second-order valence-corrected chi connectivity index (χ2v) is 9.92. The molecule has 6 nitrogen and oxygen atoms in total. The van der Waals surface area contributed by atoms with Crippen LogP contribution in [-0.2, 0) is 16.9 Å². The van der Waals surface area contributed by atoms with E-state index < -0.39 is 36.8 Å². The van der Waals surface area contributed by atoms with E-state index in [0.29, 0.717) is 6.42 Å². The summed E-state index contributed by atoms with van der Waals surface area (Å²) in [6.45, 7) is 3.52. The topological polar surface area (TPSA) is 110 Å². The molecule has 172 valence electrons. The van der Waals surface area contributed by atoms with Crippen molar-refractivity contribution in [2.24, 2.45) is 0 Å². The monoisotopic (exact) mass is 458 g/mol. The Morgan fingerprint density at radius 2 is 1.81 bits per heavy atom. The fourth-order valence-corrected chi connectivity index (χ4v) is 5.34. The number of benzene rings is 1. The molecule has 0 saturated carbocycles. The van der Waals surface area contributed by atoms with Crippen LogP contribution in [0.15, 0.2) is 48.1 Å². The van der Waals surface area contributed by atoms with Gasteiger partial charge in [0, 0.05) is 21.7 Å². The molecule has 1 aliphatic heterocycles. The van der Waals surface area contributed by atoms with Crippen LogP contribution in [0.1, 0.15) is 46.2 Å². The number of rotatable bonds is 5. The second-order valence-electron chi connectivity index (χ2n) is 8.75. The average molecular weight is 459 g/mol. The largest absolute Gasteiger partial charge is 0.394 e. The van der Waals surface area contributed by atoms with Gasteiger partial charge in [0.05, 0.1) is 6.61 Å². The van der Waals surface area contributed by atoms with E-state index >= 15 is 0 Å². The first kappa shape index (κ1) is 23.3. The third-order valence-electron chi connectivity index (χ3n) is 6.43. The molecule has 5 unspecified atom stereocenters. The molecule has 2 aliphatic rings. The summed E-state index contributed by atoms with van der Waals surface area (Å²) in [5.74, 6) is -2.24. The van der Waals surface area contributed by atoms with Crippen molar-refractivity contribution in [1.29, 1.82) is 0 Å². The summed E-state index contributed by atoms with van der Waals surface area (Å²) >= 11 is 1.74. The zero-order valence-electron chi connectivity index (χ0n) is 18.2. The highest BCUT2D eigenvalue weighted by Crippen LogP contribution is 2.38. The molecule has 5 atom stereocenters. The Labute approximate surface area is 191 Å². The normalized spacial score (nSPS) is 30.7. The van der Waals surface area contributed by atoms with E-state index in [0.717, 1.165) is 24.0 Å². The van der Waals surface area contributed by atoms with Crippen LogP contribution < -0.4 is 0 Å². The van der Waals surface area contributed by atoms with Crippen molar-refractivity contribution in [3.63, 3.8) is 0 Å². The lowest BCUT2D eigenvalue weighted by molar-refractivity contribution is -0.357. The van der Waals surface area contributed by atoms with Crippen molar-refractivity contribution >= 4 is 16.9 Å². The van der Waals surface area contributed by atoms with Crippen LogP contribution in [0.5, 0.6) is 0 Å². The molecule has 5 N–H and O–H groups in total. The molecular weight excluding hydrogens is 428 g/mol. The smallest absolute Gasteiger partial charge is 0.222 e. The number of hydrogen-bond donors (Lipinski definition) is 5. The van der Waals surface area contributed by atoms with Gasteiger partial charge in [-0.1, -0.05) is 29.9 Å². The number of thiophene rings is 1. The quantitative estimate of drug-likeness (QED) is 0.471. The standard InChI is InChI=1S/C25H30O6S/c1-14-3-6-16(7-4-14)21-10-9-19(32-21)12-17-11-18(8-5-15(17)2)25(30)24(29)23(28)22(27)20(13-26)31-25/h3,5-6,8-11,20,22-24,26-30H,4,7,12-13H2,1-2H3. The van der Waals surface area contributed by atoms with Crippen LogP contribution in [0.3, 0.4) is 0 Å². The molecule has 1 fully saturated rings. The summed E-state index contributed by atoms with van der Waals surface area (Å²) in [5.41, 5.74) is 4.97.